The number of imidazole rings is 2. The minimum absolute atomic E-state index is 0. The van der Waals surface area contributed by atoms with Gasteiger partial charge in [0.25, 0.3) is 11.1 Å². The fourth-order valence-corrected chi connectivity index (χ4v) is 8.50. The van der Waals surface area contributed by atoms with E-state index in [9.17, 15) is 24.3 Å². The van der Waals surface area contributed by atoms with Gasteiger partial charge in [0.05, 0.1) is 22.1 Å². The average molecular weight is 814 g/mol. The smallest absolute Gasteiger partial charge is 0.264 e. The van der Waals surface area contributed by atoms with E-state index in [-0.39, 0.29) is 108 Å². The predicted octanol–water partition coefficient (Wildman–Crippen LogP) is 6.59. The van der Waals surface area contributed by atoms with Gasteiger partial charge in [0.15, 0.2) is 10.9 Å². The van der Waals surface area contributed by atoms with Crippen molar-refractivity contribution in [2.24, 2.45) is 0 Å². The summed E-state index contributed by atoms with van der Waals surface area (Å²) in [7, 11) is 0. The number of para-hydroxylation sites is 2. The van der Waals surface area contributed by atoms with Gasteiger partial charge < -0.3 is 20.0 Å². The zero-order valence-corrected chi connectivity index (χ0v) is 32.7. The molecule has 9 nitrogen and oxygen atoms in total. The Morgan fingerprint density at radius 3 is 1.45 bits per heavy atom. The number of fused-ring (bicyclic) bond motifs is 8. The molecule has 0 aliphatic rings. The van der Waals surface area contributed by atoms with E-state index in [2.05, 4.69) is 0 Å². The van der Waals surface area contributed by atoms with Crippen molar-refractivity contribution >= 4 is 109 Å². The van der Waals surface area contributed by atoms with Crippen LogP contribution in [0.5, 0.6) is 5.75 Å². The van der Waals surface area contributed by atoms with Crippen LogP contribution in [0.25, 0.3) is 109 Å². The number of aromatic nitrogens is 4. The van der Waals surface area contributed by atoms with Gasteiger partial charge in [-0.25, -0.2) is 9.97 Å². The third-order valence-electron chi connectivity index (χ3n) is 10.3. The number of aromatic hydroxyl groups is 1. The molecule has 0 atom stereocenters. The first-order valence-corrected chi connectivity index (χ1v) is 15.1. The van der Waals surface area contributed by atoms with Crippen LogP contribution in [-0.2, 0) is 65.4 Å². The third-order valence-corrected chi connectivity index (χ3v) is 10.3. The quantitative estimate of drug-likeness (QED) is 0.104. The third kappa shape index (κ3) is 3.65. The van der Waals surface area contributed by atoms with Crippen LogP contribution in [-0.4, -0.2) is 23.9 Å². The Hall–Kier alpha value is -4.53. The van der Waals surface area contributed by atoms with E-state index in [0.717, 1.165) is 0 Å². The van der Waals surface area contributed by atoms with E-state index < -0.39 is 0 Å². The standard InChI is InChI=1S/C38H14N4O5.2CH3.2Y/c43-14-5-10-26-24(11-14)40-36-18-9-7-16-30-28(18)22(38(47)42(26)36)13-20-32(30)31-19(34(16)45)12-21-27-17(8-6-15(29(27)31)33(20)44)35-39-23-3-1-2-4-25(23)41(35)37(21)46;;;;/h1-13,43H;2*1H3;;/q;2*-1;;. The van der Waals surface area contributed by atoms with Gasteiger partial charge in [-0.05, 0) is 60.7 Å². The topological polar surface area (TPSA) is 123 Å². The molecule has 8 aromatic carbocycles. The van der Waals surface area contributed by atoms with Gasteiger partial charge in [0, 0.05) is 147 Å². The Kier molecular flexibility index (Phi) is 7.08. The molecule has 2 radical (unpaired) electrons. The molecule has 51 heavy (non-hydrogen) atoms. The Morgan fingerprint density at radius 1 is 0.451 bits per heavy atom. The minimum Gasteiger partial charge on any atom is -0.508 e. The fourth-order valence-electron chi connectivity index (χ4n) is 8.50. The minimum atomic E-state index is -0.368. The maximum Gasteiger partial charge on any atom is 0.264 e. The van der Waals surface area contributed by atoms with Crippen molar-refractivity contribution in [1.29, 1.82) is 0 Å². The van der Waals surface area contributed by atoms with Gasteiger partial charge in [0.1, 0.15) is 17.0 Å². The van der Waals surface area contributed by atoms with Crippen LogP contribution in [0, 0.1) is 14.9 Å². The van der Waals surface area contributed by atoms with E-state index in [1.165, 1.54) is 16.5 Å². The normalized spacial score (nSPS) is 12.1. The summed E-state index contributed by atoms with van der Waals surface area (Å²) < 4.78 is 3.09. The van der Waals surface area contributed by atoms with E-state index in [4.69, 9.17) is 9.97 Å². The monoisotopic (exact) mass is 814 g/mol. The second kappa shape index (κ2) is 10.7. The van der Waals surface area contributed by atoms with Crippen LogP contribution >= 0.6 is 0 Å². The van der Waals surface area contributed by atoms with Crippen LogP contribution in [0.4, 0.5) is 0 Å². The summed E-state index contributed by atoms with van der Waals surface area (Å²) in [6, 6.07) is 22.5. The van der Waals surface area contributed by atoms with Crippen molar-refractivity contribution in [1.82, 2.24) is 18.8 Å². The second-order valence-corrected chi connectivity index (χ2v) is 12.5. The molecule has 0 saturated carbocycles. The molecule has 0 fully saturated rings. The van der Waals surface area contributed by atoms with Crippen LogP contribution in [0.2, 0.25) is 0 Å². The van der Waals surface area contributed by atoms with Gasteiger partial charge >= 0.3 is 0 Å². The first-order valence-electron chi connectivity index (χ1n) is 15.1. The molecule has 4 aromatic heterocycles. The molecule has 0 aliphatic carbocycles. The van der Waals surface area contributed by atoms with Crippen molar-refractivity contribution < 1.29 is 70.5 Å². The zero-order chi connectivity index (χ0) is 31.2. The summed E-state index contributed by atoms with van der Waals surface area (Å²) in [5.41, 5.74) is 1.97. The number of phenolic OH excluding ortho intramolecular Hbond substituents is 1. The molecular weight excluding hydrogens is 794 g/mol. The molecule has 11 heteroatoms. The molecular formula is C40H20N4O5Y2-2. The van der Waals surface area contributed by atoms with Crippen molar-refractivity contribution in [2.75, 3.05) is 0 Å². The number of pyridine rings is 2. The number of hydrogen-bond acceptors (Lipinski definition) is 7. The number of rotatable bonds is 0. The van der Waals surface area contributed by atoms with Gasteiger partial charge in [-0.1, -0.05) is 12.1 Å². The zero-order valence-electron chi connectivity index (χ0n) is 27.0. The Morgan fingerprint density at radius 2 is 0.902 bits per heavy atom. The van der Waals surface area contributed by atoms with Crippen LogP contribution in [0.3, 0.4) is 0 Å². The first-order chi connectivity index (χ1) is 22.9. The largest absolute Gasteiger partial charge is 0.508 e. The molecule has 12 rings (SSSR count). The molecule has 4 heterocycles. The van der Waals surface area contributed by atoms with Crippen LogP contribution < -0.4 is 22.0 Å². The summed E-state index contributed by atoms with van der Waals surface area (Å²) >= 11 is 0. The maximum atomic E-state index is 14.5. The fraction of sp³-hybridized carbons (Fsp3) is 0. The number of hydrogen-bond donors (Lipinski definition) is 1. The molecule has 0 aliphatic heterocycles. The average Bonchev–Trinajstić information content (AvgIpc) is 3.66. The SMILES string of the molecule is O=c1c2ccc3c4c(cc5c(=O)c6ccc7c8c(cc1c(c68)c5c24)c(=O)n1c2ccccc2nc71)c(=O)n1c2ccc(O)cc2nc31.[CH3-].[CH3-].[Y].[Y]. The first kappa shape index (κ1) is 33.6. The number of benzene rings is 8. The summed E-state index contributed by atoms with van der Waals surface area (Å²) in [4.78, 5) is 67.1. The van der Waals surface area contributed by atoms with Crippen molar-refractivity contribution in [3.8, 4) is 5.75 Å². The van der Waals surface area contributed by atoms with Gasteiger partial charge in [-0.3, -0.25) is 28.0 Å². The molecule has 0 unspecified atom stereocenters. The molecule has 0 bridgehead atoms. The number of nitrogens with zero attached hydrogens (tertiary/aromatic N) is 4. The Bertz CT molecular complexity index is 3690. The number of phenols is 1. The summed E-state index contributed by atoms with van der Waals surface area (Å²) in [6.07, 6.45) is 0. The van der Waals surface area contributed by atoms with Gasteiger partial charge in [-0.2, -0.15) is 0 Å². The molecule has 0 amide bonds. The van der Waals surface area contributed by atoms with E-state index in [1.807, 2.05) is 30.3 Å². The van der Waals surface area contributed by atoms with E-state index in [1.54, 1.807) is 40.8 Å². The van der Waals surface area contributed by atoms with Crippen molar-refractivity contribution in [3.05, 3.63) is 135 Å². The Balaban J connectivity index is 0.000000934. The molecule has 1 N–H and O–H groups in total. The van der Waals surface area contributed by atoms with Crippen molar-refractivity contribution in [3.63, 3.8) is 0 Å². The maximum absolute atomic E-state index is 14.5. The predicted molar refractivity (Wildman–Crippen MR) is 197 cm³/mol. The second-order valence-electron chi connectivity index (χ2n) is 12.5. The molecule has 12 aromatic rings. The van der Waals surface area contributed by atoms with Gasteiger partial charge in [-0.15, -0.1) is 0 Å². The van der Waals surface area contributed by atoms with E-state index >= 15 is 0 Å². The summed E-state index contributed by atoms with van der Waals surface area (Å²) in [5.74, 6) is 0.0267. The van der Waals surface area contributed by atoms with Crippen LogP contribution in [0.1, 0.15) is 0 Å². The molecule has 0 spiro atoms. The van der Waals surface area contributed by atoms with E-state index in [0.29, 0.717) is 109 Å². The van der Waals surface area contributed by atoms with Crippen molar-refractivity contribution in [2.45, 2.75) is 0 Å². The Labute approximate surface area is 335 Å². The molecule has 238 valence electrons. The summed E-state index contributed by atoms with van der Waals surface area (Å²) in [6.45, 7) is 0. The summed E-state index contributed by atoms with van der Waals surface area (Å²) in [5, 5.41) is 17.0. The molecule has 0 saturated heterocycles. The van der Waals surface area contributed by atoms with Crippen LogP contribution in [0.15, 0.2) is 98.0 Å². The van der Waals surface area contributed by atoms with Gasteiger partial charge in [0.2, 0.25) is 0 Å².